The number of hydrogen-bond acceptors (Lipinski definition) is 8. The van der Waals surface area contributed by atoms with Crippen LogP contribution in [0.4, 0.5) is 0 Å². The Morgan fingerprint density at radius 3 is 2.35 bits per heavy atom. The van der Waals surface area contributed by atoms with Gasteiger partial charge in [-0.3, -0.25) is 14.6 Å². The van der Waals surface area contributed by atoms with Crippen molar-refractivity contribution in [3.63, 3.8) is 0 Å². The van der Waals surface area contributed by atoms with Gasteiger partial charge in [0.15, 0.2) is 17.3 Å². The van der Waals surface area contributed by atoms with E-state index in [0.29, 0.717) is 59.8 Å². The number of Topliss-reactive ketones (excluding diaryl/α,β-unsaturated/α-hetero) is 2. The highest BCUT2D eigenvalue weighted by Gasteiger charge is 2.72. The minimum absolute atomic E-state index is 0.0622. The molecule has 8 heteroatoms. The van der Waals surface area contributed by atoms with E-state index in [1.165, 1.54) is 0 Å². The van der Waals surface area contributed by atoms with Crippen LogP contribution in [0.1, 0.15) is 49.6 Å². The molecule has 0 radical (unpaired) electrons. The molecule has 8 rings (SSSR count). The molecule has 4 aliphatic rings. The van der Waals surface area contributed by atoms with Crippen LogP contribution in [0.5, 0.6) is 11.6 Å². The van der Waals surface area contributed by atoms with E-state index >= 15 is 0 Å². The quantitative estimate of drug-likeness (QED) is 0.317. The topological polar surface area (TPSA) is 104 Å². The van der Waals surface area contributed by atoms with Crippen LogP contribution in [0.2, 0.25) is 0 Å². The lowest BCUT2D eigenvalue weighted by atomic mass is 9.63. The molecule has 3 heterocycles. The predicted octanol–water partition coefficient (Wildman–Crippen LogP) is 5.06. The molecule has 198 valence electrons. The van der Waals surface area contributed by atoms with E-state index in [1.54, 1.807) is 12.4 Å². The van der Waals surface area contributed by atoms with Crippen molar-refractivity contribution in [1.82, 2.24) is 10.1 Å². The smallest absolute Gasteiger partial charge is 0.265 e. The monoisotopic (exact) mass is 532 g/mol. The molecule has 0 bridgehead atoms. The van der Waals surface area contributed by atoms with Crippen LogP contribution in [0.3, 0.4) is 0 Å². The molecule has 0 saturated carbocycles. The molecule has 8 nitrogen and oxygen atoms in total. The first-order chi connectivity index (χ1) is 19.6. The van der Waals surface area contributed by atoms with Crippen molar-refractivity contribution in [2.24, 2.45) is 11.8 Å². The predicted molar refractivity (Wildman–Crippen MR) is 141 cm³/mol. The average Bonchev–Trinajstić information content (AvgIpc) is 3.61. The number of rotatable bonds is 6. The number of benzene rings is 2. The van der Waals surface area contributed by atoms with E-state index in [2.05, 4.69) is 10.1 Å². The number of carbonyl (C=O) groups is 2. The van der Waals surface area contributed by atoms with Gasteiger partial charge >= 0.3 is 0 Å². The van der Waals surface area contributed by atoms with Crippen LogP contribution >= 0.6 is 0 Å². The van der Waals surface area contributed by atoms with Gasteiger partial charge in [0.2, 0.25) is 11.4 Å². The molecule has 3 aliphatic carbocycles. The molecule has 4 aromatic rings. The first-order valence-electron chi connectivity index (χ1n) is 13.5. The number of epoxide rings is 1. The first kappa shape index (κ1) is 23.2. The van der Waals surface area contributed by atoms with E-state index in [1.807, 2.05) is 60.7 Å². The summed E-state index contributed by atoms with van der Waals surface area (Å²) in [5, 5.41) is 4.08. The number of nitrogens with zero attached hydrogens (tertiary/aromatic N) is 2. The Morgan fingerprint density at radius 2 is 1.60 bits per heavy atom. The van der Waals surface area contributed by atoms with E-state index < -0.39 is 5.60 Å². The van der Waals surface area contributed by atoms with E-state index in [9.17, 15) is 9.59 Å². The van der Waals surface area contributed by atoms with Crippen LogP contribution in [0.25, 0.3) is 0 Å². The van der Waals surface area contributed by atoms with Crippen molar-refractivity contribution >= 4 is 11.6 Å². The summed E-state index contributed by atoms with van der Waals surface area (Å²) in [5.41, 5.74) is 3.07. The second kappa shape index (κ2) is 8.64. The fraction of sp³-hybridized carbons (Fsp3) is 0.250. The second-order valence-electron chi connectivity index (χ2n) is 10.8. The molecule has 2 aromatic heterocycles. The molecular formula is C32H24N2O6. The summed E-state index contributed by atoms with van der Waals surface area (Å²) in [6, 6.07) is 19.4. The highest BCUT2D eigenvalue weighted by molar-refractivity contribution is 6.17. The van der Waals surface area contributed by atoms with Gasteiger partial charge < -0.3 is 18.7 Å². The zero-order valence-electron chi connectivity index (χ0n) is 21.5. The van der Waals surface area contributed by atoms with Crippen molar-refractivity contribution < 1.29 is 28.3 Å². The SMILES string of the molecule is O=C1C2=C3O[C@]34C(=O)c3c(OCc5ccccc5)noc3C[C@@H]4CC2Cc2cncc(OCc3ccccc3)c21. The minimum atomic E-state index is -1.15. The van der Waals surface area contributed by atoms with Crippen LogP contribution in [0.15, 0.2) is 88.9 Å². The van der Waals surface area contributed by atoms with Crippen LogP contribution in [0, 0.1) is 11.8 Å². The Labute approximate surface area is 229 Å². The lowest BCUT2D eigenvalue weighted by Gasteiger charge is -2.35. The highest BCUT2D eigenvalue weighted by atomic mass is 16.6. The lowest BCUT2D eigenvalue weighted by Crippen LogP contribution is -2.44. The maximum atomic E-state index is 14.0. The number of hydrogen-bond donors (Lipinski definition) is 0. The normalized spacial score (nSPS) is 23.7. The summed E-state index contributed by atoms with van der Waals surface area (Å²) in [5.74, 6) is 1.04. The molecule has 1 fully saturated rings. The molecular weight excluding hydrogens is 508 g/mol. The molecule has 1 spiro atoms. The van der Waals surface area contributed by atoms with Gasteiger partial charge in [-0.05, 0) is 40.6 Å². The molecule has 3 atom stereocenters. The highest BCUT2D eigenvalue weighted by Crippen LogP contribution is 2.63. The van der Waals surface area contributed by atoms with Gasteiger partial charge in [-0.2, -0.15) is 0 Å². The van der Waals surface area contributed by atoms with Crippen molar-refractivity contribution in [2.45, 2.75) is 38.1 Å². The zero-order chi connectivity index (χ0) is 26.8. The zero-order valence-corrected chi connectivity index (χ0v) is 21.5. The molecule has 2 aromatic carbocycles. The number of fused-ring (bicyclic) bond motifs is 3. The Hall–Kier alpha value is -4.72. The van der Waals surface area contributed by atoms with Crippen molar-refractivity contribution in [1.29, 1.82) is 0 Å². The number of ketones is 2. The van der Waals surface area contributed by atoms with Gasteiger partial charge in [0.1, 0.15) is 24.5 Å². The van der Waals surface area contributed by atoms with Crippen LogP contribution < -0.4 is 9.47 Å². The molecule has 1 saturated heterocycles. The van der Waals surface area contributed by atoms with Gasteiger partial charge in [0, 0.05) is 24.1 Å². The standard InChI is InChI=1S/C32H24N2O6/c35-28-25-21(14-33-15-24(25)37-16-18-7-3-1-4-8-18)11-20-12-22-13-23-27(29(36)32(22)30(39-32)26(20)28)31(34-40-23)38-17-19-9-5-2-6-10-19/h1-10,14-15,20,22H,11-13,16-17H2/t20?,22-,32+/m0/s1. The van der Waals surface area contributed by atoms with Gasteiger partial charge in [0.05, 0.1) is 11.8 Å². The first-order valence-corrected chi connectivity index (χ1v) is 13.5. The molecule has 1 aliphatic heterocycles. The number of allylic oxidation sites excluding steroid dienone is 1. The minimum Gasteiger partial charge on any atom is -0.487 e. The largest absolute Gasteiger partial charge is 0.487 e. The number of pyridine rings is 1. The van der Waals surface area contributed by atoms with Gasteiger partial charge in [-0.15, -0.1) is 0 Å². The average molecular weight is 533 g/mol. The summed E-state index contributed by atoms with van der Waals surface area (Å²) < 4.78 is 23.8. The van der Waals surface area contributed by atoms with E-state index in [4.69, 9.17) is 18.7 Å². The molecule has 0 N–H and O–H groups in total. The van der Waals surface area contributed by atoms with E-state index in [-0.39, 0.29) is 35.9 Å². The summed E-state index contributed by atoms with van der Waals surface area (Å²) in [6.07, 6.45) is 5.09. The Kier molecular flexibility index (Phi) is 5.01. The Balaban J connectivity index is 1.11. The van der Waals surface area contributed by atoms with Crippen molar-refractivity contribution in [2.75, 3.05) is 0 Å². The fourth-order valence-corrected chi connectivity index (χ4v) is 6.55. The van der Waals surface area contributed by atoms with Gasteiger partial charge in [0.25, 0.3) is 5.88 Å². The van der Waals surface area contributed by atoms with Gasteiger partial charge in [-0.25, -0.2) is 0 Å². The third-order valence-electron chi connectivity index (χ3n) is 8.47. The van der Waals surface area contributed by atoms with Crippen LogP contribution in [-0.2, 0) is 30.8 Å². The van der Waals surface area contributed by atoms with E-state index in [0.717, 1.165) is 16.7 Å². The maximum Gasteiger partial charge on any atom is 0.265 e. The molecule has 1 unspecified atom stereocenters. The number of aromatic nitrogens is 2. The molecule has 40 heavy (non-hydrogen) atoms. The fourth-order valence-electron chi connectivity index (χ4n) is 6.55. The second-order valence-corrected chi connectivity index (χ2v) is 10.8. The Bertz CT molecular complexity index is 1710. The summed E-state index contributed by atoms with van der Waals surface area (Å²) >= 11 is 0. The third-order valence-corrected chi connectivity index (χ3v) is 8.47. The van der Waals surface area contributed by atoms with Gasteiger partial charge in [-0.1, -0.05) is 60.7 Å². The van der Waals surface area contributed by atoms with Crippen LogP contribution in [-0.4, -0.2) is 27.3 Å². The Morgan fingerprint density at radius 1 is 0.875 bits per heavy atom. The summed E-state index contributed by atoms with van der Waals surface area (Å²) in [7, 11) is 0. The summed E-state index contributed by atoms with van der Waals surface area (Å²) in [6.45, 7) is 0.583. The maximum absolute atomic E-state index is 14.0. The number of ether oxygens (including phenoxy) is 3. The third kappa shape index (κ3) is 3.38. The van der Waals surface area contributed by atoms with Crippen molar-refractivity contribution in [3.05, 3.63) is 118 Å². The lowest BCUT2D eigenvalue weighted by molar-refractivity contribution is 0.0735. The van der Waals surface area contributed by atoms with Crippen molar-refractivity contribution in [3.8, 4) is 11.6 Å². The molecule has 0 amide bonds. The summed E-state index contributed by atoms with van der Waals surface area (Å²) in [4.78, 5) is 32.3. The number of carbonyl (C=O) groups excluding carboxylic acids is 2.